The van der Waals surface area contributed by atoms with E-state index in [0.29, 0.717) is 5.02 Å². The molecule has 0 aliphatic heterocycles. The third-order valence-electron chi connectivity index (χ3n) is 3.60. The van der Waals surface area contributed by atoms with Crippen LogP contribution >= 0.6 is 11.6 Å². The van der Waals surface area contributed by atoms with Crippen LogP contribution < -0.4 is 4.72 Å². The van der Waals surface area contributed by atoms with Crippen molar-refractivity contribution in [1.82, 2.24) is 4.72 Å². The van der Waals surface area contributed by atoms with Crippen LogP contribution in [0.4, 0.5) is 0 Å². The van der Waals surface area contributed by atoms with Crippen molar-refractivity contribution in [2.45, 2.75) is 6.54 Å². The van der Waals surface area contributed by atoms with Crippen LogP contribution in [0.15, 0.2) is 72.1 Å². The van der Waals surface area contributed by atoms with Gasteiger partial charge in [-0.05, 0) is 46.2 Å². The molecule has 0 aliphatic carbocycles. The van der Waals surface area contributed by atoms with Gasteiger partial charge in [0.1, 0.15) is 0 Å². The second-order valence-electron chi connectivity index (χ2n) is 5.40. The van der Waals surface area contributed by atoms with Crippen LogP contribution in [0.3, 0.4) is 0 Å². The molecule has 5 heteroatoms. The lowest BCUT2D eigenvalue weighted by molar-refractivity contribution is 0.591. The maximum atomic E-state index is 12.1. The minimum atomic E-state index is -3.50. The van der Waals surface area contributed by atoms with Gasteiger partial charge in [0.2, 0.25) is 10.0 Å². The van der Waals surface area contributed by atoms with Gasteiger partial charge in [-0.15, -0.1) is 0 Å². The summed E-state index contributed by atoms with van der Waals surface area (Å²) in [6.07, 6.45) is 1.54. The molecule has 0 radical (unpaired) electrons. The maximum Gasteiger partial charge on any atom is 0.234 e. The van der Waals surface area contributed by atoms with Gasteiger partial charge in [0.15, 0.2) is 0 Å². The maximum absolute atomic E-state index is 12.1. The zero-order valence-electron chi connectivity index (χ0n) is 12.8. The lowest BCUT2D eigenvalue weighted by atomic mass is 10.1. The molecule has 0 atom stereocenters. The first kappa shape index (κ1) is 16.7. The van der Waals surface area contributed by atoms with Crippen molar-refractivity contribution in [2.24, 2.45) is 0 Å². The van der Waals surface area contributed by atoms with Gasteiger partial charge in [0.25, 0.3) is 0 Å². The molecular formula is C19H16ClNO2S. The fourth-order valence-corrected chi connectivity index (χ4v) is 3.25. The number of fused-ring (bicyclic) bond motifs is 1. The van der Waals surface area contributed by atoms with Gasteiger partial charge < -0.3 is 0 Å². The van der Waals surface area contributed by atoms with Crippen molar-refractivity contribution in [2.75, 3.05) is 0 Å². The summed E-state index contributed by atoms with van der Waals surface area (Å²) in [7, 11) is -3.50. The van der Waals surface area contributed by atoms with Crippen molar-refractivity contribution < 1.29 is 8.42 Å². The molecule has 0 bridgehead atoms. The highest BCUT2D eigenvalue weighted by Crippen LogP contribution is 2.16. The SMILES string of the molecule is O=S(=O)(/C=C/c1ccc(Cl)cc1)NCc1ccc2ccccc2c1. The van der Waals surface area contributed by atoms with E-state index in [0.717, 1.165) is 27.3 Å². The van der Waals surface area contributed by atoms with Gasteiger partial charge in [-0.25, -0.2) is 13.1 Å². The Morgan fingerprint density at radius 3 is 2.38 bits per heavy atom. The molecule has 0 spiro atoms. The quantitative estimate of drug-likeness (QED) is 0.726. The van der Waals surface area contributed by atoms with E-state index in [1.807, 2.05) is 42.5 Å². The van der Waals surface area contributed by atoms with Crippen molar-refractivity contribution >= 4 is 38.5 Å². The van der Waals surface area contributed by atoms with Crippen LogP contribution in [-0.4, -0.2) is 8.42 Å². The molecule has 3 aromatic carbocycles. The predicted octanol–water partition coefficient (Wildman–Crippen LogP) is 4.58. The summed E-state index contributed by atoms with van der Waals surface area (Å²) in [4.78, 5) is 0. The second-order valence-corrected chi connectivity index (χ2v) is 7.49. The summed E-state index contributed by atoms with van der Waals surface area (Å²) in [5.74, 6) is 0. The van der Waals surface area contributed by atoms with Gasteiger partial charge in [-0.2, -0.15) is 0 Å². The van der Waals surface area contributed by atoms with E-state index in [-0.39, 0.29) is 6.54 Å². The summed E-state index contributed by atoms with van der Waals surface area (Å²) in [5.41, 5.74) is 1.69. The Bertz CT molecular complexity index is 980. The third kappa shape index (κ3) is 4.45. The summed E-state index contributed by atoms with van der Waals surface area (Å²) >= 11 is 5.81. The molecule has 3 rings (SSSR count). The van der Waals surface area contributed by atoms with Crippen LogP contribution in [0.2, 0.25) is 5.02 Å². The van der Waals surface area contributed by atoms with Gasteiger partial charge >= 0.3 is 0 Å². The molecule has 0 fully saturated rings. The Balaban J connectivity index is 1.68. The minimum Gasteiger partial charge on any atom is -0.208 e. The molecule has 0 saturated carbocycles. The normalized spacial score (nSPS) is 12.0. The summed E-state index contributed by atoms with van der Waals surface area (Å²) < 4.78 is 26.7. The van der Waals surface area contributed by atoms with Gasteiger partial charge in [0.05, 0.1) is 0 Å². The lowest BCUT2D eigenvalue weighted by Gasteiger charge is -2.05. The number of halogens is 1. The van der Waals surface area contributed by atoms with Crippen LogP contribution in [0.25, 0.3) is 16.8 Å². The smallest absolute Gasteiger partial charge is 0.208 e. The average Bonchev–Trinajstić information content (AvgIpc) is 2.59. The Morgan fingerprint density at radius 1 is 0.917 bits per heavy atom. The topological polar surface area (TPSA) is 46.2 Å². The van der Waals surface area contributed by atoms with Crippen molar-refractivity contribution in [1.29, 1.82) is 0 Å². The van der Waals surface area contributed by atoms with E-state index in [1.54, 1.807) is 30.3 Å². The summed E-state index contributed by atoms with van der Waals surface area (Å²) in [5, 5.41) is 4.00. The Labute approximate surface area is 146 Å². The minimum absolute atomic E-state index is 0.248. The monoisotopic (exact) mass is 357 g/mol. The first-order chi connectivity index (χ1) is 11.5. The number of hydrogen-bond donors (Lipinski definition) is 1. The fourth-order valence-electron chi connectivity index (χ4n) is 2.32. The zero-order chi connectivity index (χ0) is 17.0. The number of benzene rings is 3. The highest BCUT2D eigenvalue weighted by atomic mass is 35.5. The average molecular weight is 358 g/mol. The number of rotatable bonds is 5. The van der Waals surface area contributed by atoms with Gasteiger partial charge in [0, 0.05) is 17.0 Å². The van der Waals surface area contributed by atoms with E-state index in [2.05, 4.69) is 4.72 Å². The zero-order valence-corrected chi connectivity index (χ0v) is 14.4. The summed E-state index contributed by atoms with van der Waals surface area (Å²) in [6.45, 7) is 0.248. The van der Waals surface area contributed by atoms with Crippen molar-refractivity contribution in [3.8, 4) is 0 Å². The van der Waals surface area contributed by atoms with E-state index < -0.39 is 10.0 Å². The number of nitrogens with one attached hydrogen (secondary N) is 1. The molecule has 0 amide bonds. The van der Waals surface area contributed by atoms with E-state index in [9.17, 15) is 8.42 Å². The molecule has 1 N–H and O–H groups in total. The Morgan fingerprint density at radius 2 is 1.62 bits per heavy atom. The first-order valence-electron chi connectivity index (χ1n) is 7.43. The molecule has 3 aromatic rings. The van der Waals surface area contributed by atoms with Crippen LogP contribution in [0.1, 0.15) is 11.1 Å². The van der Waals surface area contributed by atoms with Crippen LogP contribution in [0, 0.1) is 0 Å². The molecule has 0 aliphatic rings. The van der Waals surface area contributed by atoms with E-state index >= 15 is 0 Å². The van der Waals surface area contributed by atoms with Gasteiger partial charge in [-0.1, -0.05) is 60.1 Å². The predicted molar refractivity (Wildman–Crippen MR) is 100 cm³/mol. The van der Waals surface area contributed by atoms with E-state index in [1.165, 1.54) is 0 Å². The number of hydrogen-bond acceptors (Lipinski definition) is 2. The molecule has 3 nitrogen and oxygen atoms in total. The molecule has 122 valence electrons. The number of sulfonamides is 1. The Kier molecular flexibility index (Phi) is 5.00. The largest absolute Gasteiger partial charge is 0.234 e. The fraction of sp³-hybridized carbons (Fsp3) is 0.0526. The highest BCUT2D eigenvalue weighted by molar-refractivity contribution is 7.92. The molecular weight excluding hydrogens is 342 g/mol. The molecule has 0 heterocycles. The van der Waals surface area contributed by atoms with Crippen LogP contribution in [-0.2, 0) is 16.6 Å². The highest BCUT2D eigenvalue weighted by Gasteiger charge is 2.05. The molecule has 0 aromatic heterocycles. The van der Waals surface area contributed by atoms with Crippen LogP contribution in [0.5, 0.6) is 0 Å². The van der Waals surface area contributed by atoms with Gasteiger partial charge in [-0.3, -0.25) is 0 Å². The summed E-state index contributed by atoms with van der Waals surface area (Å²) in [6, 6.07) is 20.8. The first-order valence-corrected chi connectivity index (χ1v) is 9.35. The standard InChI is InChI=1S/C19H16ClNO2S/c20-19-9-6-15(7-10-19)11-12-24(22,23)21-14-16-5-8-17-3-1-2-4-18(17)13-16/h1-13,21H,14H2/b12-11+. The third-order valence-corrected chi connectivity index (χ3v) is 4.89. The second kappa shape index (κ2) is 7.18. The molecule has 24 heavy (non-hydrogen) atoms. The van der Waals surface area contributed by atoms with E-state index in [4.69, 9.17) is 11.6 Å². The molecule has 0 unspecified atom stereocenters. The molecule has 0 saturated heterocycles. The van der Waals surface area contributed by atoms with Crippen molar-refractivity contribution in [3.05, 3.63) is 88.3 Å². The Hall–Kier alpha value is -2.14. The van der Waals surface area contributed by atoms with Crippen molar-refractivity contribution in [3.63, 3.8) is 0 Å². The lowest BCUT2D eigenvalue weighted by Crippen LogP contribution is -2.20.